The molecule has 3 nitrogen and oxygen atoms in total. The summed E-state index contributed by atoms with van der Waals surface area (Å²) in [5.41, 5.74) is 1.72. The van der Waals surface area contributed by atoms with Crippen LogP contribution in [0.2, 0.25) is 5.02 Å². The van der Waals surface area contributed by atoms with Crippen molar-refractivity contribution in [1.82, 2.24) is 5.32 Å². The fraction of sp³-hybridized carbons (Fsp3) is 0.533. The molecule has 2 amide bonds. The van der Waals surface area contributed by atoms with Gasteiger partial charge in [0.15, 0.2) is 0 Å². The van der Waals surface area contributed by atoms with Gasteiger partial charge in [-0.2, -0.15) is 0 Å². The summed E-state index contributed by atoms with van der Waals surface area (Å²) in [6, 6.07) is 5.65. The minimum absolute atomic E-state index is 0.183. The highest BCUT2D eigenvalue weighted by molar-refractivity contribution is 6.33. The van der Waals surface area contributed by atoms with Crippen molar-refractivity contribution in [2.24, 2.45) is 0 Å². The number of hydrogen-bond acceptors (Lipinski definition) is 1. The summed E-state index contributed by atoms with van der Waals surface area (Å²) in [4.78, 5) is 11.9. The van der Waals surface area contributed by atoms with E-state index in [-0.39, 0.29) is 12.1 Å². The quantitative estimate of drug-likeness (QED) is 0.777. The van der Waals surface area contributed by atoms with E-state index in [0.29, 0.717) is 10.7 Å². The van der Waals surface area contributed by atoms with Crippen LogP contribution in [0.3, 0.4) is 0 Å². The Labute approximate surface area is 120 Å². The van der Waals surface area contributed by atoms with E-state index in [1.807, 2.05) is 25.1 Å². The van der Waals surface area contributed by atoms with Gasteiger partial charge < -0.3 is 10.6 Å². The number of amides is 2. The summed E-state index contributed by atoms with van der Waals surface area (Å²) >= 11 is 6.09. The second kappa shape index (κ2) is 8.05. The number of rotatable bonds is 6. The van der Waals surface area contributed by atoms with E-state index in [9.17, 15) is 4.79 Å². The molecule has 0 bridgehead atoms. The minimum Gasteiger partial charge on any atom is -0.335 e. The molecule has 0 aromatic heterocycles. The molecule has 0 heterocycles. The van der Waals surface area contributed by atoms with Crippen molar-refractivity contribution in [3.8, 4) is 0 Å². The molecule has 0 aliphatic carbocycles. The lowest BCUT2D eigenvalue weighted by Crippen LogP contribution is -2.37. The van der Waals surface area contributed by atoms with Crippen molar-refractivity contribution in [3.63, 3.8) is 0 Å². The number of aryl methyl sites for hydroxylation is 1. The maximum Gasteiger partial charge on any atom is 0.319 e. The molecule has 1 rings (SSSR count). The van der Waals surface area contributed by atoms with Gasteiger partial charge in [-0.1, -0.05) is 44.4 Å². The molecule has 0 atom stereocenters. The molecule has 1 aromatic carbocycles. The van der Waals surface area contributed by atoms with Crippen LogP contribution in [0.5, 0.6) is 0 Å². The Balaban J connectivity index is 2.58. The number of hydrogen-bond donors (Lipinski definition) is 2. The second-order valence-electron chi connectivity index (χ2n) is 4.86. The van der Waals surface area contributed by atoms with Gasteiger partial charge in [0.05, 0.1) is 10.7 Å². The highest BCUT2D eigenvalue weighted by atomic mass is 35.5. The number of nitrogens with one attached hydrogen (secondary N) is 2. The molecule has 106 valence electrons. The first-order chi connectivity index (χ1) is 9.06. The Morgan fingerprint density at radius 3 is 2.42 bits per heavy atom. The highest BCUT2D eigenvalue weighted by Gasteiger charge is 2.11. The van der Waals surface area contributed by atoms with Crippen molar-refractivity contribution in [2.45, 2.75) is 52.5 Å². The SMILES string of the molecule is CCCC(CCC)NC(=O)Nc1ccc(C)cc1Cl. The standard InChI is InChI=1S/C15H23ClN2O/c1-4-6-12(7-5-2)17-15(19)18-14-9-8-11(3)10-13(14)16/h8-10,12H,4-7H2,1-3H3,(H2,17,18,19). The van der Waals surface area contributed by atoms with Gasteiger partial charge in [-0.05, 0) is 37.5 Å². The fourth-order valence-electron chi connectivity index (χ4n) is 2.05. The third kappa shape index (κ3) is 5.52. The smallest absolute Gasteiger partial charge is 0.319 e. The van der Waals surface area contributed by atoms with Crippen LogP contribution in [0.1, 0.15) is 45.1 Å². The normalized spacial score (nSPS) is 10.6. The molecule has 1 aromatic rings. The summed E-state index contributed by atoms with van der Waals surface area (Å²) in [6.07, 6.45) is 4.14. The Morgan fingerprint density at radius 1 is 1.26 bits per heavy atom. The van der Waals surface area contributed by atoms with Gasteiger partial charge in [-0.15, -0.1) is 0 Å². The van der Waals surface area contributed by atoms with E-state index in [4.69, 9.17) is 11.6 Å². The molecule has 0 saturated carbocycles. The lowest BCUT2D eigenvalue weighted by atomic mass is 10.1. The van der Waals surface area contributed by atoms with Crippen LogP contribution in [0, 0.1) is 6.92 Å². The summed E-state index contributed by atoms with van der Waals surface area (Å²) in [7, 11) is 0. The van der Waals surface area contributed by atoms with Crippen molar-refractivity contribution < 1.29 is 4.79 Å². The van der Waals surface area contributed by atoms with E-state index in [0.717, 1.165) is 31.2 Å². The van der Waals surface area contributed by atoms with E-state index in [1.165, 1.54) is 0 Å². The summed E-state index contributed by atoms with van der Waals surface area (Å²) in [5.74, 6) is 0. The topological polar surface area (TPSA) is 41.1 Å². The van der Waals surface area contributed by atoms with Crippen LogP contribution in [-0.2, 0) is 0 Å². The van der Waals surface area contributed by atoms with Crippen LogP contribution < -0.4 is 10.6 Å². The van der Waals surface area contributed by atoms with Crippen LogP contribution in [0.4, 0.5) is 10.5 Å². The van der Waals surface area contributed by atoms with Gasteiger partial charge in [0, 0.05) is 6.04 Å². The van der Waals surface area contributed by atoms with E-state index in [2.05, 4.69) is 24.5 Å². The highest BCUT2D eigenvalue weighted by Crippen LogP contribution is 2.22. The van der Waals surface area contributed by atoms with Crippen LogP contribution in [0.15, 0.2) is 18.2 Å². The lowest BCUT2D eigenvalue weighted by molar-refractivity contribution is 0.246. The molecule has 4 heteroatoms. The van der Waals surface area contributed by atoms with Gasteiger partial charge >= 0.3 is 6.03 Å². The zero-order valence-corrected chi connectivity index (χ0v) is 12.7. The first-order valence-corrected chi connectivity index (χ1v) is 7.28. The predicted octanol–water partition coefficient (Wildman–Crippen LogP) is 4.74. The Morgan fingerprint density at radius 2 is 1.89 bits per heavy atom. The summed E-state index contributed by atoms with van der Waals surface area (Å²) in [5, 5.41) is 6.37. The fourth-order valence-corrected chi connectivity index (χ4v) is 2.33. The largest absolute Gasteiger partial charge is 0.335 e. The molecular weight excluding hydrogens is 260 g/mol. The van der Waals surface area contributed by atoms with Gasteiger partial charge in [0.25, 0.3) is 0 Å². The Kier molecular flexibility index (Phi) is 6.71. The first kappa shape index (κ1) is 15.8. The number of halogens is 1. The van der Waals surface area contributed by atoms with Crippen molar-refractivity contribution in [2.75, 3.05) is 5.32 Å². The van der Waals surface area contributed by atoms with Gasteiger partial charge in [0.2, 0.25) is 0 Å². The van der Waals surface area contributed by atoms with E-state index in [1.54, 1.807) is 0 Å². The van der Waals surface area contributed by atoms with Crippen molar-refractivity contribution >= 4 is 23.3 Å². The monoisotopic (exact) mass is 282 g/mol. The molecule has 0 radical (unpaired) electrons. The minimum atomic E-state index is -0.183. The average Bonchev–Trinajstić information content (AvgIpc) is 2.33. The number of carbonyl (C=O) groups excluding carboxylic acids is 1. The van der Waals surface area contributed by atoms with Crippen LogP contribution in [-0.4, -0.2) is 12.1 Å². The molecule has 0 aliphatic rings. The maximum atomic E-state index is 11.9. The van der Waals surface area contributed by atoms with Crippen molar-refractivity contribution in [1.29, 1.82) is 0 Å². The molecule has 0 spiro atoms. The van der Waals surface area contributed by atoms with Crippen molar-refractivity contribution in [3.05, 3.63) is 28.8 Å². The van der Waals surface area contributed by atoms with Gasteiger partial charge in [0.1, 0.15) is 0 Å². The number of benzene rings is 1. The molecule has 0 aliphatic heterocycles. The zero-order chi connectivity index (χ0) is 14.3. The number of urea groups is 1. The number of anilines is 1. The van der Waals surface area contributed by atoms with Crippen LogP contribution in [0.25, 0.3) is 0 Å². The van der Waals surface area contributed by atoms with E-state index < -0.39 is 0 Å². The number of carbonyl (C=O) groups is 1. The molecule has 0 saturated heterocycles. The molecular formula is C15H23ClN2O. The summed E-state index contributed by atoms with van der Waals surface area (Å²) < 4.78 is 0. The van der Waals surface area contributed by atoms with Gasteiger partial charge in [-0.3, -0.25) is 0 Å². The third-order valence-corrected chi connectivity index (χ3v) is 3.29. The summed E-state index contributed by atoms with van der Waals surface area (Å²) in [6.45, 7) is 6.21. The molecule has 19 heavy (non-hydrogen) atoms. The average molecular weight is 283 g/mol. The molecule has 2 N–H and O–H groups in total. The third-order valence-electron chi connectivity index (χ3n) is 2.98. The zero-order valence-electron chi connectivity index (χ0n) is 11.9. The Bertz CT molecular complexity index is 415. The molecule has 0 fully saturated rings. The predicted molar refractivity (Wildman–Crippen MR) is 81.9 cm³/mol. The Hall–Kier alpha value is -1.22. The lowest BCUT2D eigenvalue weighted by Gasteiger charge is -2.18. The maximum absolute atomic E-state index is 11.9. The first-order valence-electron chi connectivity index (χ1n) is 6.90. The molecule has 0 unspecified atom stereocenters. The van der Waals surface area contributed by atoms with E-state index >= 15 is 0 Å². The van der Waals surface area contributed by atoms with Gasteiger partial charge in [-0.25, -0.2) is 4.79 Å². The second-order valence-corrected chi connectivity index (χ2v) is 5.26. The van der Waals surface area contributed by atoms with Crippen LogP contribution >= 0.6 is 11.6 Å².